The van der Waals surface area contributed by atoms with Crippen molar-refractivity contribution in [3.05, 3.63) is 29.6 Å². The third-order valence-corrected chi connectivity index (χ3v) is 2.37. The molecule has 0 aliphatic heterocycles. The molecule has 1 rings (SSSR count). The van der Waals surface area contributed by atoms with Crippen LogP contribution in [0.25, 0.3) is 0 Å². The van der Waals surface area contributed by atoms with E-state index in [4.69, 9.17) is 15.2 Å². The molecule has 0 amide bonds. The van der Waals surface area contributed by atoms with E-state index in [9.17, 15) is 4.39 Å². The van der Waals surface area contributed by atoms with Crippen molar-refractivity contribution in [2.24, 2.45) is 5.73 Å². The quantitative estimate of drug-likeness (QED) is 0.746. The molecular weight excluding hydrogens is 221 g/mol. The first-order valence-electron chi connectivity index (χ1n) is 5.90. The maximum absolute atomic E-state index is 13.5. The van der Waals surface area contributed by atoms with Crippen LogP contribution in [0.1, 0.15) is 31.9 Å². The number of nitrogens with two attached hydrogens (primary N) is 1. The van der Waals surface area contributed by atoms with E-state index in [1.165, 1.54) is 6.07 Å². The average molecular weight is 241 g/mol. The maximum atomic E-state index is 13.5. The van der Waals surface area contributed by atoms with Crippen LogP contribution in [0, 0.1) is 5.82 Å². The minimum atomic E-state index is -0.317. The van der Waals surface area contributed by atoms with Crippen LogP contribution in [0.15, 0.2) is 18.2 Å². The summed E-state index contributed by atoms with van der Waals surface area (Å²) >= 11 is 0. The first kappa shape index (κ1) is 13.9. The van der Waals surface area contributed by atoms with Crippen LogP contribution < -0.4 is 10.5 Å². The molecule has 0 aliphatic rings. The Kier molecular flexibility index (Phi) is 5.94. The van der Waals surface area contributed by atoms with E-state index >= 15 is 0 Å². The largest absolute Gasteiger partial charge is 0.493 e. The van der Waals surface area contributed by atoms with Gasteiger partial charge in [-0.2, -0.15) is 0 Å². The summed E-state index contributed by atoms with van der Waals surface area (Å²) in [6.45, 7) is 5.59. The van der Waals surface area contributed by atoms with Crippen LogP contribution in [0.4, 0.5) is 4.39 Å². The van der Waals surface area contributed by atoms with Gasteiger partial charge in [0.05, 0.1) is 6.61 Å². The summed E-state index contributed by atoms with van der Waals surface area (Å²) in [5.41, 5.74) is 6.13. The van der Waals surface area contributed by atoms with Gasteiger partial charge in [0.25, 0.3) is 0 Å². The van der Waals surface area contributed by atoms with Crippen LogP contribution in [0.3, 0.4) is 0 Å². The van der Waals surface area contributed by atoms with E-state index in [2.05, 4.69) is 0 Å². The first-order valence-corrected chi connectivity index (χ1v) is 5.90. The number of hydrogen-bond acceptors (Lipinski definition) is 3. The van der Waals surface area contributed by atoms with Crippen molar-refractivity contribution >= 4 is 0 Å². The Labute approximate surface area is 102 Å². The minimum absolute atomic E-state index is 0.304. The highest BCUT2D eigenvalue weighted by Crippen LogP contribution is 2.20. The Morgan fingerprint density at radius 3 is 2.71 bits per heavy atom. The third-order valence-electron chi connectivity index (χ3n) is 2.37. The predicted octanol–water partition coefficient (Wildman–Crippen LogP) is 2.65. The second-order valence-corrected chi connectivity index (χ2v) is 3.87. The summed E-state index contributed by atoms with van der Waals surface area (Å²) in [6.07, 6.45) is 0.796. The van der Waals surface area contributed by atoms with Gasteiger partial charge in [0.2, 0.25) is 0 Å². The molecule has 0 heterocycles. The zero-order valence-electron chi connectivity index (χ0n) is 10.4. The van der Waals surface area contributed by atoms with Gasteiger partial charge in [-0.1, -0.05) is 6.07 Å². The van der Waals surface area contributed by atoms with Gasteiger partial charge < -0.3 is 15.2 Å². The highest BCUT2D eigenvalue weighted by molar-refractivity contribution is 5.30. The molecule has 0 saturated heterocycles. The first-order chi connectivity index (χ1) is 8.15. The maximum Gasteiger partial charge on any atom is 0.131 e. The van der Waals surface area contributed by atoms with Crippen molar-refractivity contribution < 1.29 is 13.9 Å². The summed E-state index contributed by atoms with van der Waals surface area (Å²) in [4.78, 5) is 0. The monoisotopic (exact) mass is 241 g/mol. The van der Waals surface area contributed by atoms with E-state index in [1.807, 2.05) is 6.92 Å². The number of hydrogen-bond donors (Lipinski definition) is 1. The summed E-state index contributed by atoms with van der Waals surface area (Å²) in [5, 5.41) is 0. The molecule has 96 valence electrons. The molecule has 0 fully saturated rings. The molecule has 0 bridgehead atoms. The number of rotatable bonds is 7. The lowest BCUT2D eigenvalue weighted by molar-refractivity contribution is 0.131. The topological polar surface area (TPSA) is 44.5 Å². The number of ether oxygens (including phenoxy) is 2. The van der Waals surface area contributed by atoms with Crippen molar-refractivity contribution in [3.63, 3.8) is 0 Å². The molecule has 1 atom stereocenters. The van der Waals surface area contributed by atoms with Gasteiger partial charge in [-0.3, -0.25) is 0 Å². The van der Waals surface area contributed by atoms with E-state index in [0.717, 1.165) is 6.42 Å². The Morgan fingerprint density at radius 2 is 2.12 bits per heavy atom. The second kappa shape index (κ2) is 7.25. The average Bonchev–Trinajstić information content (AvgIpc) is 2.28. The van der Waals surface area contributed by atoms with Gasteiger partial charge in [-0.05, 0) is 19.9 Å². The fourth-order valence-electron chi connectivity index (χ4n) is 1.46. The van der Waals surface area contributed by atoms with Crippen molar-refractivity contribution in [2.75, 3.05) is 19.8 Å². The van der Waals surface area contributed by atoms with Gasteiger partial charge in [-0.15, -0.1) is 0 Å². The van der Waals surface area contributed by atoms with Gasteiger partial charge in [0.15, 0.2) is 0 Å². The van der Waals surface area contributed by atoms with Crippen LogP contribution in [0.5, 0.6) is 5.75 Å². The van der Waals surface area contributed by atoms with Gasteiger partial charge in [0, 0.05) is 37.3 Å². The Morgan fingerprint density at radius 1 is 1.35 bits per heavy atom. The SMILES string of the molecule is CCOCCCOc1ccc([C@@H](C)N)c(F)c1. The molecule has 1 aromatic carbocycles. The zero-order valence-corrected chi connectivity index (χ0v) is 10.4. The highest BCUT2D eigenvalue weighted by atomic mass is 19.1. The molecule has 0 unspecified atom stereocenters. The molecule has 0 aromatic heterocycles. The lowest BCUT2D eigenvalue weighted by Gasteiger charge is -2.10. The molecule has 0 aliphatic carbocycles. The fourth-order valence-corrected chi connectivity index (χ4v) is 1.46. The van der Waals surface area contributed by atoms with Crippen molar-refractivity contribution in [3.8, 4) is 5.75 Å². The fraction of sp³-hybridized carbons (Fsp3) is 0.538. The van der Waals surface area contributed by atoms with Gasteiger partial charge in [0.1, 0.15) is 11.6 Å². The number of halogens is 1. The summed E-state index contributed by atoms with van der Waals surface area (Å²) in [6, 6.07) is 4.47. The molecule has 17 heavy (non-hydrogen) atoms. The zero-order chi connectivity index (χ0) is 12.7. The second-order valence-electron chi connectivity index (χ2n) is 3.87. The van der Waals surface area contributed by atoms with Crippen molar-refractivity contribution in [2.45, 2.75) is 26.3 Å². The lowest BCUT2D eigenvalue weighted by Crippen LogP contribution is -2.08. The Hall–Kier alpha value is -1.13. The normalized spacial score (nSPS) is 12.5. The van der Waals surface area contributed by atoms with Gasteiger partial charge in [-0.25, -0.2) is 4.39 Å². The summed E-state index contributed by atoms with van der Waals surface area (Å²) in [5.74, 6) is 0.214. The van der Waals surface area contributed by atoms with Crippen molar-refractivity contribution in [1.29, 1.82) is 0 Å². The standard InChI is InChI=1S/C13H20FNO2/c1-3-16-7-4-8-17-11-5-6-12(10(2)15)13(14)9-11/h5-6,9-10H,3-4,7-8,15H2,1-2H3/t10-/m1/s1. The predicted molar refractivity (Wildman–Crippen MR) is 65.6 cm³/mol. The van der Waals surface area contributed by atoms with E-state index in [0.29, 0.717) is 31.1 Å². The molecule has 1 aromatic rings. The Bertz CT molecular complexity index is 342. The third kappa shape index (κ3) is 4.71. The molecule has 0 saturated carbocycles. The molecule has 3 nitrogen and oxygen atoms in total. The molecule has 4 heteroatoms. The van der Waals surface area contributed by atoms with Crippen LogP contribution >= 0.6 is 0 Å². The highest BCUT2D eigenvalue weighted by Gasteiger charge is 2.07. The van der Waals surface area contributed by atoms with E-state index in [1.54, 1.807) is 19.1 Å². The van der Waals surface area contributed by atoms with Gasteiger partial charge >= 0.3 is 0 Å². The molecule has 0 spiro atoms. The summed E-state index contributed by atoms with van der Waals surface area (Å²) < 4.78 is 24.1. The van der Waals surface area contributed by atoms with Crippen LogP contribution in [-0.4, -0.2) is 19.8 Å². The van der Waals surface area contributed by atoms with Crippen LogP contribution in [0.2, 0.25) is 0 Å². The lowest BCUT2D eigenvalue weighted by atomic mass is 10.1. The summed E-state index contributed by atoms with van der Waals surface area (Å²) in [7, 11) is 0. The van der Waals surface area contributed by atoms with Crippen LogP contribution in [-0.2, 0) is 4.74 Å². The Balaban J connectivity index is 2.42. The molecule has 0 radical (unpaired) electrons. The van der Waals surface area contributed by atoms with E-state index in [-0.39, 0.29) is 11.9 Å². The van der Waals surface area contributed by atoms with E-state index < -0.39 is 0 Å². The number of benzene rings is 1. The molecular formula is C13H20FNO2. The molecule has 2 N–H and O–H groups in total. The minimum Gasteiger partial charge on any atom is -0.493 e. The van der Waals surface area contributed by atoms with Crippen molar-refractivity contribution in [1.82, 2.24) is 0 Å². The smallest absolute Gasteiger partial charge is 0.131 e.